The molecule has 4 heteroatoms. The highest BCUT2D eigenvalue weighted by Crippen LogP contribution is 2.39. The summed E-state index contributed by atoms with van der Waals surface area (Å²) in [4.78, 5) is 2.78. The normalized spacial score (nSPS) is 26.4. The van der Waals surface area contributed by atoms with Gasteiger partial charge in [0.05, 0.1) is 6.10 Å². The van der Waals surface area contributed by atoms with E-state index in [9.17, 15) is 0 Å². The summed E-state index contributed by atoms with van der Waals surface area (Å²) in [5, 5.41) is 3.47. The molecule has 96 valence electrons. The van der Waals surface area contributed by atoms with Crippen LogP contribution in [0, 0.1) is 12.8 Å². The average molecular weight is 318 g/mol. The largest absolute Gasteiger partial charge is 0.378 e. The Morgan fingerprint density at radius 1 is 1.65 bits per heavy atom. The molecule has 0 spiro atoms. The number of hydrogen-bond acceptors (Lipinski definition) is 3. The molecule has 17 heavy (non-hydrogen) atoms. The van der Waals surface area contributed by atoms with E-state index in [1.165, 1.54) is 20.6 Å². The third-order valence-electron chi connectivity index (χ3n) is 3.58. The Hall–Kier alpha value is 0.1000. The summed E-state index contributed by atoms with van der Waals surface area (Å²) in [5.41, 5.74) is 0. The zero-order chi connectivity index (χ0) is 12.4. The lowest BCUT2D eigenvalue weighted by Gasteiger charge is -2.25. The van der Waals surface area contributed by atoms with Crippen LogP contribution in [0.15, 0.2) is 10.5 Å². The van der Waals surface area contributed by atoms with E-state index in [-0.39, 0.29) is 0 Å². The van der Waals surface area contributed by atoms with Gasteiger partial charge in [-0.1, -0.05) is 6.92 Å². The summed E-state index contributed by atoms with van der Waals surface area (Å²) in [6.07, 6.45) is 2.68. The van der Waals surface area contributed by atoms with Crippen LogP contribution in [0.3, 0.4) is 0 Å². The molecule has 1 N–H and O–H groups in total. The second kappa shape index (κ2) is 5.83. The maximum Gasteiger partial charge on any atom is 0.0620 e. The monoisotopic (exact) mass is 317 g/mol. The molecule has 0 bridgehead atoms. The van der Waals surface area contributed by atoms with Crippen LogP contribution in [0.1, 0.15) is 35.6 Å². The second-order valence-electron chi connectivity index (χ2n) is 4.59. The first-order valence-corrected chi connectivity index (χ1v) is 7.83. The van der Waals surface area contributed by atoms with Crippen LogP contribution >= 0.6 is 27.3 Å². The number of rotatable bonds is 4. The summed E-state index contributed by atoms with van der Waals surface area (Å²) in [7, 11) is 2.05. The van der Waals surface area contributed by atoms with Crippen LogP contribution in [0.2, 0.25) is 0 Å². The summed E-state index contributed by atoms with van der Waals surface area (Å²) >= 11 is 5.49. The Morgan fingerprint density at radius 3 is 2.94 bits per heavy atom. The van der Waals surface area contributed by atoms with Gasteiger partial charge in [0.25, 0.3) is 0 Å². The molecular weight excluding hydrogens is 298 g/mol. The van der Waals surface area contributed by atoms with Gasteiger partial charge in [-0.25, -0.2) is 0 Å². The molecule has 1 aromatic heterocycles. The Kier molecular flexibility index (Phi) is 4.64. The molecule has 1 aromatic rings. The molecule has 0 aliphatic carbocycles. The molecule has 3 atom stereocenters. The number of aryl methyl sites for hydroxylation is 1. The minimum absolute atomic E-state index is 0.411. The average Bonchev–Trinajstić information content (AvgIpc) is 2.89. The van der Waals surface area contributed by atoms with Gasteiger partial charge in [0.15, 0.2) is 0 Å². The lowest BCUT2D eigenvalue weighted by atomic mass is 9.90. The van der Waals surface area contributed by atoms with Gasteiger partial charge in [-0.2, -0.15) is 0 Å². The predicted octanol–water partition coefficient (Wildman–Crippen LogP) is 3.89. The molecule has 0 aromatic carbocycles. The molecule has 2 nitrogen and oxygen atoms in total. The van der Waals surface area contributed by atoms with Gasteiger partial charge >= 0.3 is 0 Å². The van der Waals surface area contributed by atoms with E-state index in [1.807, 2.05) is 11.3 Å². The first kappa shape index (κ1) is 13.5. The van der Waals surface area contributed by atoms with Crippen molar-refractivity contribution in [2.24, 2.45) is 5.92 Å². The highest BCUT2D eigenvalue weighted by molar-refractivity contribution is 9.10. The molecule has 1 fully saturated rings. The van der Waals surface area contributed by atoms with Gasteiger partial charge in [-0.3, -0.25) is 0 Å². The van der Waals surface area contributed by atoms with Gasteiger partial charge in [-0.05, 0) is 48.8 Å². The van der Waals surface area contributed by atoms with E-state index in [0.29, 0.717) is 18.1 Å². The van der Waals surface area contributed by atoms with E-state index < -0.39 is 0 Å². The molecule has 3 unspecified atom stereocenters. The zero-order valence-corrected chi connectivity index (χ0v) is 13.0. The van der Waals surface area contributed by atoms with Crippen LogP contribution in [0.5, 0.6) is 0 Å². The van der Waals surface area contributed by atoms with Crippen LogP contribution in [0.25, 0.3) is 0 Å². The summed E-state index contributed by atoms with van der Waals surface area (Å²) < 4.78 is 7.04. The van der Waals surface area contributed by atoms with Gasteiger partial charge in [-0.15, -0.1) is 11.3 Å². The van der Waals surface area contributed by atoms with E-state index >= 15 is 0 Å². The van der Waals surface area contributed by atoms with Gasteiger partial charge < -0.3 is 10.1 Å². The van der Waals surface area contributed by atoms with Crippen molar-refractivity contribution >= 4 is 27.3 Å². The molecule has 1 aliphatic heterocycles. The quantitative estimate of drug-likeness (QED) is 0.909. The van der Waals surface area contributed by atoms with Crippen molar-refractivity contribution in [2.75, 3.05) is 13.7 Å². The standard InChI is InChI=1S/C13H20BrNOS/c1-4-11-9(5-6-16-11)13(15-3)12-7-10(14)8(2)17-12/h7,9,11,13,15H,4-6H2,1-3H3. The van der Waals surface area contributed by atoms with Crippen molar-refractivity contribution in [3.05, 3.63) is 20.3 Å². The molecule has 2 rings (SSSR count). The summed E-state index contributed by atoms with van der Waals surface area (Å²) in [6, 6.07) is 2.68. The zero-order valence-electron chi connectivity index (χ0n) is 10.6. The SMILES string of the molecule is CCC1OCCC1C(NC)c1cc(Br)c(C)s1. The Labute approximate surface area is 116 Å². The van der Waals surface area contributed by atoms with Crippen molar-refractivity contribution in [3.63, 3.8) is 0 Å². The highest BCUT2D eigenvalue weighted by atomic mass is 79.9. The number of thiophene rings is 1. The van der Waals surface area contributed by atoms with E-state index in [0.717, 1.165) is 13.0 Å². The topological polar surface area (TPSA) is 21.3 Å². The fourth-order valence-corrected chi connectivity index (χ4v) is 4.42. The van der Waals surface area contributed by atoms with E-state index in [1.54, 1.807) is 0 Å². The van der Waals surface area contributed by atoms with E-state index in [2.05, 4.69) is 48.2 Å². The first-order valence-electron chi connectivity index (χ1n) is 6.22. The Morgan fingerprint density at radius 2 is 2.41 bits per heavy atom. The van der Waals surface area contributed by atoms with E-state index in [4.69, 9.17) is 4.74 Å². The molecule has 0 radical (unpaired) electrons. The molecule has 0 saturated carbocycles. The van der Waals surface area contributed by atoms with Crippen LogP contribution < -0.4 is 5.32 Å². The Balaban J connectivity index is 2.20. The molecular formula is C13H20BrNOS. The second-order valence-corrected chi connectivity index (χ2v) is 6.73. The third-order valence-corrected chi connectivity index (χ3v) is 5.80. The van der Waals surface area contributed by atoms with Crippen molar-refractivity contribution in [1.29, 1.82) is 0 Å². The highest BCUT2D eigenvalue weighted by Gasteiger charge is 2.34. The summed E-state index contributed by atoms with van der Waals surface area (Å²) in [6.45, 7) is 5.28. The van der Waals surface area contributed by atoms with Crippen molar-refractivity contribution in [2.45, 2.75) is 38.8 Å². The maximum absolute atomic E-state index is 5.81. The van der Waals surface area contributed by atoms with Crippen molar-refractivity contribution < 1.29 is 4.74 Å². The molecule has 1 saturated heterocycles. The van der Waals surface area contributed by atoms with Crippen LogP contribution in [-0.2, 0) is 4.74 Å². The predicted molar refractivity (Wildman–Crippen MR) is 76.7 cm³/mol. The summed E-state index contributed by atoms with van der Waals surface area (Å²) in [5.74, 6) is 0.606. The van der Waals surface area contributed by atoms with Gasteiger partial charge in [0.1, 0.15) is 0 Å². The van der Waals surface area contributed by atoms with Crippen LogP contribution in [-0.4, -0.2) is 19.8 Å². The van der Waals surface area contributed by atoms with Gasteiger partial charge in [0.2, 0.25) is 0 Å². The Bertz CT molecular complexity index is 360. The fraction of sp³-hybridized carbons (Fsp3) is 0.692. The maximum atomic E-state index is 5.81. The van der Waals surface area contributed by atoms with Crippen LogP contribution in [0.4, 0.5) is 0 Å². The first-order chi connectivity index (χ1) is 8.17. The molecule has 2 heterocycles. The van der Waals surface area contributed by atoms with Gasteiger partial charge in [0, 0.05) is 32.8 Å². The molecule has 1 aliphatic rings. The number of nitrogens with one attached hydrogen (secondary N) is 1. The number of hydrogen-bond donors (Lipinski definition) is 1. The lowest BCUT2D eigenvalue weighted by Crippen LogP contribution is -2.30. The number of halogens is 1. The number of ether oxygens (including phenoxy) is 1. The molecule has 0 amide bonds. The van der Waals surface area contributed by atoms with Crippen molar-refractivity contribution in [3.8, 4) is 0 Å². The van der Waals surface area contributed by atoms with Crippen molar-refractivity contribution in [1.82, 2.24) is 5.32 Å². The third kappa shape index (κ3) is 2.75. The lowest BCUT2D eigenvalue weighted by molar-refractivity contribution is 0.0786. The smallest absolute Gasteiger partial charge is 0.0620 e. The minimum Gasteiger partial charge on any atom is -0.378 e. The fourth-order valence-electron chi connectivity index (χ4n) is 2.67. The minimum atomic E-state index is 0.411.